The Morgan fingerprint density at radius 2 is 1.89 bits per heavy atom. The van der Waals surface area contributed by atoms with Crippen molar-refractivity contribution in [2.24, 2.45) is 11.3 Å². The number of hydrogen-bond acceptors (Lipinski definition) is 4. The van der Waals surface area contributed by atoms with Crippen molar-refractivity contribution in [2.45, 2.75) is 26.7 Å². The molecule has 1 fully saturated rings. The van der Waals surface area contributed by atoms with Crippen LogP contribution in [-0.4, -0.2) is 50.7 Å². The molecule has 1 aliphatic rings. The number of nitrogens with zero attached hydrogens (tertiary/aromatic N) is 1. The fourth-order valence-electron chi connectivity index (χ4n) is 1.97. The summed E-state index contributed by atoms with van der Waals surface area (Å²) in [7, 11) is 2.96. The van der Waals surface area contributed by atoms with Gasteiger partial charge in [-0.15, -0.1) is 0 Å². The van der Waals surface area contributed by atoms with Gasteiger partial charge in [0.2, 0.25) is 5.91 Å². The summed E-state index contributed by atoms with van der Waals surface area (Å²) in [5.74, 6) is -0.0757. The van der Waals surface area contributed by atoms with Gasteiger partial charge >= 0.3 is 5.97 Å². The first-order valence-corrected chi connectivity index (χ1v) is 6.27. The summed E-state index contributed by atoms with van der Waals surface area (Å²) in [5, 5.41) is 0. The number of ether oxygens (including phenoxy) is 2. The quantitative estimate of drug-likeness (QED) is 0.640. The van der Waals surface area contributed by atoms with Crippen LogP contribution < -0.4 is 0 Å². The molecule has 0 bridgehead atoms. The normalized spacial score (nSPS) is 20.3. The lowest BCUT2D eigenvalue weighted by molar-refractivity contribution is -0.142. The predicted molar refractivity (Wildman–Crippen MR) is 67.0 cm³/mol. The van der Waals surface area contributed by atoms with Crippen LogP contribution in [0.15, 0.2) is 0 Å². The molecule has 1 rings (SSSR count). The second-order valence-corrected chi connectivity index (χ2v) is 5.39. The lowest BCUT2D eigenvalue weighted by Crippen LogP contribution is -2.37. The molecule has 0 spiro atoms. The van der Waals surface area contributed by atoms with Gasteiger partial charge in [-0.1, -0.05) is 13.8 Å². The number of rotatable bonds is 7. The molecule has 1 unspecified atom stereocenters. The monoisotopic (exact) mass is 257 g/mol. The summed E-state index contributed by atoms with van der Waals surface area (Å²) in [6, 6.07) is 0. The molecule has 1 atom stereocenters. The van der Waals surface area contributed by atoms with E-state index in [4.69, 9.17) is 4.74 Å². The van der Waals surface area contributed by atoms with Crippen molar-refractivity contribution in [2.75, 3.05) is 33.9 Å². The second kappa shape index (κ2) is 6.18. The van der Waals surface area contributed by atoms with E-state index >= 15 is 0 Å². The Kier molecular flexibility index (Phi) is 5.14. The molecule has 0 saturated heterocycles. The summed E-state index contributed by atoms with van der Waals surface area (Å²) in [6.07, 6.45) is 1.16. The first kappa shape index (κ1) is 15.0. The molecule has 0 N–H and O–H groups in total. The minimum Gasteiger partial charge on any atom is -0.469 e. The molecular weight excluding hydrogens is 234 g/mol. The Morgan fingerprint density at radius 1 is 1.28 bits per heavy atom. The van der Waals surface area contributed by atoms with Crippen LogP contribution >= 0.6 is 0 Å². The van der Waals surface area contributed by atoms with Crippen LogP contribution in [0.2, 0.25) is 0 Å². The van der Waals surface area contributed by atoms with E-state index in [1.807, 2.05) is 0 Å². The molecule has 0 aromatic heterocycles. The van der Waals surface area contributed by atoms with Gasteiger partial charge in [0.15, 0.2) is 0 Å². The third kappa shape index (κ3) is 3.98. The molecule has 1 aliphatic carbocycles. The number of methoxy groups -OCH3 is 2. The third-order valence-corrected chi connectivity index (χ3v) is 3.50. The van der Waals surface area contributed by atoms with E-state index in [0.29, 0.717) is 19.7 Å². The standard InChI is InChI=1S/C13H23NO4/c1-13(2)9-10(13)12(16)14(7-8-17-3)6-5-11(15)18-4/h10H,5-9H2,1-4H3. The van der Waals surface area contributed by atoms with Crippen LogP contribution in [0.3, 0.4) is 0 Å². The molecule has 0 aromatic rings. The first-order valence-electron chi connectivity index (χ1n) is 6.27. The Bertz CT molecular complexity index is 314. The maximum atomic E-state index is 12.2. The maximum absolute atomic E-state index is 12.2. The highest BCUT2D eigenvalue weighted by Crippen LogP contribution is 2.52. The van der Waals surface area contributed by atoms with Crippen molar-refractivity contribution in [1.82, 2.24) is 4.90 Å². The number of carbonyl (C=O) groups excluding carboxylic acids is 2. The average molecular weight is 257 g/mol. The van der Waals surface area contributed by atoms with Crippen LogP contribution in [0.1, 0.15) is 26.7 Å². The minimum absolute atomic E-state index is 0.0898. The van der Waals surface area contributed by atoms with Gasteiger partial charge in [0.1, 0.15) is 0 Å². The molecule has 5 heteroatoms. The van der Waals surface area contributed by atoms with Crippen molar-refractivity contribution in [3.05, 3.63) is 0 Å². The Labute approximate surface area is 108 Å². The van der Waals surface area contributed by atoms with E-state index in [9.17, 15) is 9.59 Å². The average Bonchev–Trinajstić information content (AvgIpc) is 2.97. The largest absolute Gasteiger partial charge is 0.469 e. The number of carbonyl (C=O) groups is 2. The van der Waals surface area contributed by atoms with E-state index in [2.05, 4.69) is 18.6 Å². The highest BCUT2D eigenvalue weighted by atomic mass is 16.5. The molecule has 18 heavy (non-hydrogen) atoms. The van der Waals surface area contributed by atoms with Crippen molar-refractivity contribution >= 4 is 11.9 Å². The summed E-state index contributed by atoms with van der Waals surface area (Å²) in [5.41, 5.74) is 0.105. The van der Waals surface area contributed by atoms with Gasteiger partial charge in [0, 0.05) is 26.1 Å². The zero-order chi connectivity index (χ0) is 13.8. The molecule has 0 aromatic carbocycles. The molecule has 0 heterocycles. The van der Waals surface area contributed by atoms with E-state index in [1.165, 1.54) is 7.11 Å². The zero-order valence-corrected chi connectivity index (χ0v) is 11.7. The fraction of sp³-hybridized carbons (Fsp3) is 0.846. The van der Waals surface area contributed by atoms with Crippen molar-refractivity contribution < 1.29 is 19.1 Å². The van der Waals surface area contributed by atoms with E-state index in [-0.39, 0.29) is 29.6 Å². The molecule has 1 saturated carbocycles. The maximum Gasteiger partial charge on any atom is 0.307 e. The van der Waals surface area contributed by atoms with Crippen molar-refractivity contribution in [3.8, 4) is 0 Å². The van der Waals surface area contributed by atoms with Gasteiger partial charge in [-0.05, 0) is 11.8 Å². The minimum atomic E-state index is -0.291. The first-order chi connectivity index (χ1) is 8.42. The fourth-order valence-corrected chi connectivity index (χ4v) is 1.97. The van der Waals surface area contributed by atoms with E-state index in [1.54, 1.807) is 12.0 Å². The van der Waals surface area contributed by atoms with Gasteiger partial charge in [-0.25, -0.2) is 0 Å². The van der Waals surface area contributed by atoms with Crippen LogP contribution in [0, 0.1) is 11.3 Å². The SMILES string of the molecule is COCCN(CCC(=O)OC)C(=O)C1CC1(C)C. The number of esters is 1. The zero-order valence-electron chi connectivity index (χ0n) is 11.7. The molecular formula is C13H23NO4. The smallest absolute Gasteiger partial charge is 0.307 e. The lowest BCUT2D eigenvalue weighted by Gasteiger charge is -2.22. The van der Waals surface area contributed by atoms with Crippen LogP contribution in [0.5, 0.6) is 0 Å². The van der Waals surface area contributed by atoms with E-state index in [0.717, 1.165) is 6.42 Å². The van der Waals surface area contributed by atoms with Crippen LogP contribution in [0.4, 0.5) is 0 Å². The molecule has 0 radical (unpaired) electrons. The van der Waals surface area contributed by atoms with Crippen LogP contribution in [-0.2, 0) is 19.1 Å². The highest BCUT2D eigenvalue weighted by Gasteiger charge is 2.51. The Balaban J connectivity index is 2.49. The lowest BCUT2D eigenvalue weighted by atomic mass is 10.1. The molecule has 1 amide bonds. The Hall–Kier alpha value is -1.10. The topological polar surface area (TPSA) is 55.8 Å². The van der Waals surface area contributed by atoms with Gasteiger partial charge in [0.25, 0.3) is 0 Å². The van der Waals surface area contributed by atoms with Gasteiger partial charge in [-0.3, -0.25) is 9.59 Å². The van der Waals surface area contributed by atoms with Crippen molar-refractivity contribution in [1.29, 1.82) is 0 Å². The molecule has 104 valence electrons. The summed E-state index contributed by atoms with van der Waals surface area (Å²) < 4.78 is 9.59. The molecule has 5 nitrogen and oxygen atoms in total. The van der Waals surface area contributed by atoms with Gasteiger partial charge < -0.3 is 14.4 Å². The summed E-state index contributed by atoms with van der Waals surface area (Å²) in [6.45, 7) is 5.59. The summed E-state index contributed by atoms with van der Waals surface area (Å²) in [4.78, 5) is 25.1. The van der Waals surface area contributed by atoms with Crippen molar-refractivity contribution in [3.63, 3.8) is 0 Å². The predicted octanol–water partition coefficient (Wildman–Crippen LogP) is 1.07. The van der Waals surface area contributed by atoms with Gasteiger partial charge in [0.05, 0.1) is 20.1 Å². The second-order valence-electron chi connectivity index (χ2n) is 5.39. The van der Waals surface area contributed by atoms with Gasteiger partial charge in [-0.2, -0.15) is 0 Å². The van der Waals surface area contributed by atoms with E-state index < -0.39 is 0 Å². The molecule has 0 aliphatic heterocycles. The Morgan fingerprint density at radius 3 is 2.33 bits per heavy atom. The third-order valence-electron chi connectivity index (χ3n) is 3.50. The number of hydrogen-bond donors (Lipinski definition) is 0. The summed E-state index contributed by atoms with van der Waals surface area (Å²) >= 11 is 0. The highest BCUT2D eigenvalue weighted by molar-refractivity contribution is 5.83. The number of amides is 1. The van der Waals surface area contributed by atoms with Crippen LogP contribution in [0.25, 0.3) is 0 Å².